The van der Waals surface area contributed by atoms with Crippen molar-refractivity contribution in [3.05, 3.63) is 18.3 Å². The van der Waals surface area contributed by atoms with E-state index in [9.17, 15) is 0 Å². The molecule has 3 nitrogen and oxygen atoms in total. The topological polar surface area (TPSA) is 25.4 Å². The Balaban J connectivity index is 2.22. The second kappa shape index (κ2) is 6.28. The van der Waals surface area contributed by atoms with Crippen molar-refractivity contribution in [1.29, 1.82) is 0 Å². The van der Waals surface area contributed by atoms with Crippen LogP contribution in [0.3, 0.4) is 0 Å². The second-order valence-electron chi connectivity index (χ2n) is 4.96. The van der Waals surface area contributed by atoms with E-state index in [0.29, 0.717) is 11.9 Å². The van der Waals surface area contributed by atoms with Crippen molar-refractivity contribution in [3.8, 4) is 5.75 Å². The number of pyridine rings is 1. The number of nitrogens with zero attached hydrogens (tertiary/aromatic N) is 2. The molecule has 0 amide bonds. The first-order valence-electron chi connectivity index (χ1n) is 6.66. The molecule has 0 bridgehead atoms. The molecule has 0 aliphatic heterocycles. The summed E-state index contributed by atoms with van der Waals surface area (Å²) in [5.41, 5.74) is 0. The van der Waals surface area contributed by atoms with Gasteiger partial charge < -0.3 is 9.64 Å². The molecular weight excluding hydrogens is 248 g/mol. The van der Waals surface area contributed by atoms with E-state index in [1.807, 2.05) is 32.2 Å². The molecule has 1 heterocycles. The van der Waals surface area contributed by atoms with E-state index < -0.39 is 0 Å². The highest BCUT2D eigenvalue weighted by Crippen LogP contribution is 2.33. The maximum Gasteiger partial charge on any atom is 0.171 e. The van der Waals surface area contributed by atoms with Crippen LogP contribution in [-0.4, -0.2) is 29.6 Å². The lowest BCUT2D eigenvalue weighted by Gasteiger charge is -2.38. The van der Waals surface area contributed by atoms with Gasteiger partial charge >= 0.3 is 0 Å². The predicted octanol–water partition coefficient (Wildman–Crippen LogP) is 3.47. The van der Waals surface area contributed by atoms with E-state index in [0.717, 1.165) is 18.1 Å². The van der Waals surface area contributed by atoms with Gasteiger partial charge in [0.25, 0.3) is 0 Å². The van der Waals surface area contributed by atoms with E-state index in [-0.39, 0.29) is 6.10 Å². The van der Waals surface area contributed by atoms with Crippen LogP contribution in [-0.2, 0) is 0 Å². The number of hydrogen-bond acceptors (Lipinski definition) is 3. The summed E-state index contributed by atoms with van der Waals surface area (Å²) in [7, 11) is 0. The Morgan fingerprint density at radius 2 is 2.28 bits per heavy atom. The maximum atomic E-state index is 5.92. The summed E-state index contributed by atoms with van der Waals surface area (Å²) in [6, 6.07) is 4.48. The number of anilines is 1. The van der Waals surface area contributed by atoms with Crippen molar-refractivity contribution < 1.29 is 4.74 Å². The predicted molar refractivity (Wildman–Crippen MR) is 75.7 cm³/mol. The Hall–Kier alpha value is -0.960. The SMILES string of the molecule is CC(C)Oc1cccnc1N(CCCl)C1CCC1. The first-order valence-corrected chi connectivity index (χ1v) is 7.20. The van der Waals surface area contributed by atoms with Crippen LogP contribution in [0.2, 0.25) is 0 Å². The standard InChI is InChI=1S/C14H21ClN2O/c1-11(2)18-13-7-4-9-16-14(13)17(10-8-15)12-5-3-6-12/h4,7,9,11-12H,3,5-6,8,10H2,1-2H3. The van der Waals surface area contributed by atoms with Gasteiger partial charge in [0.15, 0.2) is 11.6 Å². The van der Waals surface area contributed by atoms with Gasteiger partial charge in [-0.2, -0.15) is 0 Å². The van der Waals surface area contributed by atoms with Gasteiger partial charge in [0, 0.05) is 24.7 Å². The number of halogens is 1. The molecule has 0 aromatic carbocycles. The molecule has 1 aliphatic carbocycles. The lowest BCUT2D eigenvalue weighted by Crippen LogP contribution is -2.42. The second-order valence-corrected chi connectivity index (χ2v) is 5.34. The van der Waals surface area contributed by atoms with E-state index >= 15 is 0 Å². The third-order valence-electron chi connectivity index (χ3n) is 3.23. The van der Waals surface area contributed by atoms with Crippen molar-refractivity contribution in [1.82, 2.24) is 4.98 Å². The molecule has 4 heteroatoms. The van der Waals surface area contributed by atoms with Crippen LogP contribution in [0.25, 0.3) is 0 Å². The quantitative estimate of drug-likeness (QED) is 0.739. The molecule has 1 fully saturated rings. The van der Waals surface area contributed by atoms with Crippen LogP contribution in [0.1, 0.15) is 33.1 Å². The molecule has 0 saturated heterocycles. The molecule has 0 unspecified atom stereocenters. The molecule has 0 radical (unpaired) electrons. The highest BCUT2D eigenvalue weighted by Gasteiger charge is 2.27. The van der Waals surface area contributed by atoms with Crippen LogP contribution in [0.5, 0.6) is 5.75 Å². The fraction of sp³-hybridized carbons (Fsp3) is 0.643. The lowest BCUT2D eigenvalue weighted by atomic mass is 9.91. The summed E-state index contributed by atoms with van der Waals surface area (Å²) in [4.78, 5) is 6.80. The molecule has 0 atom stereocenters. The number of alkyl halides is 1. The molecule has 1 aromatic rings. The minimum atomic E-state index is 0.159. The smallest absolute Gasteiger partial charge is 0.171 e. The van der Waals surface area contributed by atoms with Crippen LogP contribution in [0.4, 0.5) is 5.82 Å². The van der Waals surface area contributed by atoms with Crippen LogP contribution in [0.15, 0.2) is 18.3 Å². The van der Waals surface area contributed by atoms with Crippen molar-refractivity contribution >= 4 is 17.4 Å². The summed E-state index contributed by atoms with van der Waals surface area (Å²) in [6.07, 6.45) is 5.74. The fourth-order valence-electron chi connectivity index (χ4n) is 2.19. The van der Waals surface area contributed by atoms with E-state index in [1.54, 1.807) is 0 Å². The fourth-order valence-corrected chi connectivity index (χ4v) is 2.38. The average molecular weight is 269 g/mol. The Bertz CT molecular complexity index is 380. The Morgan fingerprint density at radius 1 is 1.50 bits per heavy atom. The Morgan fingerprint density at radius 3 is 2.83 bits per heavy atom. The minimum Gasteiger partial charge on any atom is -0.487 e. The van der Waals surface area contributed by atoms with Crippen LogP contribution >= 0.6 is 11.6 Å². The molecule has 1 saturated carbocycles. The van der Waals surface area contributed by atoms with Gasteiger partial charge in [0.1, 0.15) is 0 Å². The molecule has 100 valence electrons. The summed E-state index contributed by atoms with van der Waals surface area (Å²) in [6.45, 7) is 4.90. The van der Waals surface area contributed by atoms with Crippen LogP contribution in [0, 0.1) is 0 Å². The summed E-state index contributed by atoms with van der Waals surface area (Å²) >= 11 is 5.92. The van der Waals surface area contributed by atoms with Crippen molar-refractivity contribution in [2.24, 2.45) is 0 Å². The number of rotatable bonds is 6. The van der Waals surface area contributed by atoms with Crippen LogP contribution < -0.4 is 9.64 Å². The molecule has 0 spiro atoms. The molecule has 1 aliphatic rings. The van der Waals surface area contributed by atoms with E-state index in [4.69, 9.17) is 16.3 Å². The zero-order chi connectivity index (χ0) is 13.0. The van der Waals surface area contributed by atoms with Crippen molar-refractivity contribution in [3.63, 3.8) is 0 Å². The molecule has 2 rings (SSSR count). The van der Waals surface area contributed by atoms with E-state index in [2.05, 4.69) is 9.88 Å². The zero-order valence-electron chi connectivity index (χ0n) is 11.1. The third-order valence-corrected chi connectivity index (χ3v) is 3.40. The average Bonchev–Trinajstić information content (AvgIpc) is 2.26. The molecule has 0 N–H and O–H groups in total. The molecule has 1 aromatic heterocycles. The molecular formula is C14H21ClN2O. The van der Waals surface area contributed by atoms with Crippen molar-refractivity contribution in [2.75, 3.05) is 17.3 Å². The van der Waals surface area contributed by atoms with E-state index in [1.165, 1.54) is 19.3 Å². The zero-order valence-corrected chi connectivity index (χ0v) is 11.9. The highest BCUT2D eigenvalue weighted by atomic mass is 35.5. The van der Waals surface area contributed by atoms with Gasteiger partial charge in [-0.05, 0) is 45.2 Å². The summed E-state index contributed by atoms with van der Waals surface area (Å²) < 4.78 is 5.84. The van der Waals surface area contributed by atoms with Gasteiger partial charge in [-0.25, -0.2) is 4.98 Å². The first-order chi connectivity index (χ1) is 8.72. The Kier molecular flexibility index (Phi) is 4.70. The largest absolute Gasteiger partial charge is 0.487 e. The first kappa shape index (κ1) is 13.5. The maximum absolute atomic E-state index is 5.92. The van der Waals surface area contributed by atoms with Gasteiger partial charge in [-0.3, -0.25) is 0 Å². The Labute approximate surface area is 114 Å². The third kappa shape index (κ3) is 3.08. The van der Waals surface area contributed by atoms with Gasteiger partial charge in [-0.15, -0.1) is 11.6 Å². The molecule has 18 heavy (non-hydrogen) atoms. The number of hydrogen-bond donors (Lipinski definition) is 0. The van der Waals surface area contributed by atoms with Gasteiger partial charge in [0.2, 0.25) is 0 Å². The highest BCUT2D eigenvalue weighted by molar-refractivity contribution is 6.18. The van der Waals surface area contributed by atoms with Crippen molar-refractivity contribution in [2.45, 2.75) is 45.3 Å². The normalized spacial score (nSPS) is 15.6. The monoisotopic (exact) mass is 268 g/mol. The lowest BCUT2D eigenvalue weighted by molar-refractivity contribution is 0.240. The van der Waals surface area contributed by atoms with Gasteiger partial charge in [0.05, 0.1) is 6.10 Å². The summed E-state index contributed by atoms with van der Waals surface area (Å²) in [5, 5.41) is 0. The number of aromatic nitrogens is 1. The number of ether oxygens (including phenoxy) is 1. The summed E-state index contributed by atoms with van der Waals surface area (Å²) in [5.74, 6) is 2.43. The van der Waals surface area contributed by atoms with Gasteiger partial charge in [-0.1, -0.05) is 0 Å². The minimum absolute atomic E-state index is 0.159.